The van der Waals surface area contributed by atoms with Crippen molar-refractivity contribution in [2.45, 2.75) is 0 Å². The largest absolute Gasteiger partial charge is 0.497 e. The van der Waals surface area contributed by atoms with Crippen LogP contribution in [0.5, 0.6) is 5.75 Å². The minimum atomic E-state index is 0.865. The molecule has 2 aromatic rings. The maximum atomic E-state index is 5.22. The zero-order valence-corrected chi connectivity index (χ0v) is 9.36. The average Bonchev–Trinajstić information content (AvgIpc) is 2.36. The molecule has 0 N–H and O–H groups in total. The van der Waals surface area contributed by atoms with Gasteiger partial charge < -0.3 is 4.74 Å². The molecular formula is C15H14O. The van der Waals surface area contributed by atoms with Crippen LogP contribution in [-0.2, 0) is 0 Å². The van der Waals surface area contributed by atoms with E-state index in [4.69, 9.17) is 4.74 Å². The van der Waals surface area contributed by atoms with Crippen LogP contribution in [0.25, 0.3) is 22.9 Å². The molecule has 0 atom stereocenters. The van der Waals surface area contributed by atoms with Crippen molar-refractivity contribution in [3.05, 3.63) is 54.6 Å². The van der Waals surface area contributed by atoms with Crippen LogP contribution in [0.1, 0.15) is 11.1 Å². The summed E-state index contributed by atoms with van der Waals surface area (Å²) in [5.74, 6) is 0.865. The monoisotopic (exact) mass is 210 g/mol. The maximum absolute atomic E-state index is 5.22. The van der Waals surface area contributed by atoms with Crippen LogP contribution < -0.4 is 4.74 Å². The van der Waals surface area contributed by atoms with Crippen molar-refractivity contribution in [2.75, 3.05) is 7.11 Å². The summed E-state index contributed by atoms with van der Waals surface area (Å²) in [7, 11) is 1.67. The number of benzene rings is 2. The fraction of sp³-hybridized carbons (Fsp3) is 0.0667. The molecular weight excluding hydrogens is 196 g/mol. The van der Waals surface area contributed by atoms with Crippen LogP contribution >= 0.6 is 0 Å². The van der Waals surface area contributed by atoms with Crippen LogP contribution in [0.15, 0.2) is 43.5 Å². The van der Waals surface area contributed by atoms with Crippen molar-refractivity contribution < 1.29 is 4.74 Å². The van der Waals surface area contributed by atoms with Crippen LogP contribution in [0.3, 0.4) is 0 Å². The zero-order chi connectivity index (χ0) is 11.5. The Morgan fingerprint density at radius 1 is 1.06 bits per heavy atom. The summed E-state index contributed by atoms with van der Waals surface area (Å²) in [5.41, 5.74) is 2.21. The Hall–Kier alpha value is -2.02. The quantitative estimate of drug-likeness (QED) is 0.740. The molecule has 2 rings (SSSR count). The van der Waals surface area contributed by atoms with Gasteiger partial charge in [0.05, 0.1) is 7.11 Å². The van der Waals surface area contributed by atoms with Gasteiger partial charge in [0.25, 0.3) is 0 Å². The number of rotatable bonds is 3. The molecule has 0 radical (unpaired) electrons. The molecule has 16 heavy (non-hydrogen) atoms. The predicted molar refractivity (Wildman–Crippen MR) is 70.7 cm³/mol. The Balaban J connectivity index is 2.78. The lowest BCUT2D eigenvalue weighted by molar-refractivity contribution is 0.415. The highest BCUT2D eigenvalue weighted by Gasteiger charge is 2.01. The summed E-state index contributed by atoms with van der Waals surface area (Å²) in [5, 5.41) is 2.33. The third kappa shape index (κ3) is 1.72. The molecule has 2 aromatic carbocycles. The minimum absolute atomic E-state index is 0.865. The van der Waals surface area contributed by atoms with Crippen LogP contribution in [0.2, 0.25) is 0 Å². The van der Waals surface area contributed by atoms with Gasteiger partial charge in [-0.15, -0.1) is 0 Å². The second-order valence-corrected chi connectivity index (χ2v) is 3.61. The Labute approximate surface area is 95.7 Å². The summed E-state index contributed by atoms with van der Waals surface area (Å²) < 4.78 is 5.22. The molecule has 0 saturated heterocycles. The minimum Gasteiger partial charge on any atom is -0.497 e. The molecule has 0 aliphatic rings. The molecule has 0 aliphatic carbocycles. The molecule has 0 saturated carbocycles. The first-order valence-corrected chi connectivity index (χ1v) is 5.15. The van der Waals surface area contributed by atoms with Crippen molar-refractivity contribution in [2.24, 2.45) is 0 Å². The number of methoxy groups -OCH3 is 1. The van der Waals surface area contributed by atoms with E-state index in [0.717, 1.165) is 22.3 Å². The van der Waals surface area contributed by atoms with Crippen LogP contribution in [0, 0.1) is 0 Å². The molecule has 0 unspecified atom stereocenters. The first-order valence-electron chi connectivity index (χ1n) is 5.15. The van der Waals surface area contributed by atoms with Gasteiger partial charge in [0.15, 0.2) is 0 Å². The highest BCUT2D eigenvalue weighted by atomic mass is 16.5. The fourth-order valence-electron chi connectivity index (χ4n) is 1.82. The Bertz CT molecular complexity index is 553. The van der Waals surface area contributed by atoms with Gasteiger partial charge >= 0.3 is 0 Å². The van der Waals surface area contributed by atoms with E-state index >= 15 is 0 Å². The number of hydrogen-bond acceptors (Lipinski definition) is 1. The SMILES string of the molecule is C=Cc1cc(C=C)c2ccc(OC)cc2c1. The molecule has 0 fully saturated rings. The third-order valence-electron chi connectivity index (χ3n) is 2.67. The highest BCUT2D eigenvalue weighted by Crippen LogP contribution is 2.26. The van der Waals surface area contributed by atoms with E-state index in [1.807, 2.05) is 24.3 Å². The van der Waals surface area contributed by atoms with E-state index in [9.17, 15) is 0 Å². The average molecular weight is 210 g/mol. The molecule has 1 heteroatoms. The van der Waals surface area contributed by atoms with E-state index in [1.54, 1.807) is 7.11 Å². The van der Waals surface area contributed by atoms with Gasteiger partial charge in [0, 0.05) is 0 Å². The van der Waals surface area contributed by atoms with Gasteiger partial charge in [-0.25, -0.2) is 0 Å². The van der Waals surface area contributed by atoms with Gasteiger partial charge in [-0.1, -0.05) is 31.4 Å². The van der Waals surface area contributed by atoms with Gasteiger partial charge in [-0.3, -0.25) is 0 Å². The van der Waals surface area contributed by atoms with Gasteiger partial charge in [0.2, 0.25) is 0 Å². The topological polar surface area (TPSA) is 9.23 Å². The van der Waals surface area contributed by atoms with Crippen LogP contribution in [-0.4, -0.2) is 7.11 Å². The van der Waals surface area contributed by atoms with E-state index in [0.29, 0.717) is 0 Å². The van der Waals surface area contributed by atoms with Crippen molar-refractivity contribution in [3.8, 4) is 5.75 Å². The molecule has 0 heterocycles. The lowest BCUT2D eigenvalue weighted by atomic mass is 10.0. The normalized spacial score (nSPS) is 10.1. The molecule has 0 bridgehead atoms. The maximum Gasteiger partial charge on any atom is 0.119 e. The summed E-state index contributed by atoms with van der Waals surface area (Å²) in [6.45, 7) is 7.62. The van der Waals surface area contributed by atoms with Crippen molar-refractivity contribution >= 4 is 22.9 Å². The smallest absolute Gasteiger partial charge is 0.119 e. The Morgan fingerprint density at radius 3 is 2.50 bits per heavy atom. The summed E-state index contributed by atoms with van der Waals surface area (Å²) >= 11 is 0. The fourth-order valence-corrected chi connectivity index (χ4v) is 1.82. The van der Waals surface area contributed by atoms with Crippen LogP contribution in [0.4, 0.5) is 0 Å². The first-order chi connectivity index (χ1) is 7.78. The third-order valence-corrected chi connectivity index (χ3v) is 2.67. The lowest BCUT2D eigenvalue weighted by Crippen LogP contribution is -1.85. The molecule has 0 amide bonds. The number of fused-ring (bicyclic) bond motifs is 1. The number of ether oxygens (including phenoxy) is 1. The Morgan fingerprint density at radius 2 is 1.88 bits per heavy atom. The number of hydrogen-bond donors (Lipinski definition) is 0. The van der Waals surface area contributed by atoms with Gasteiger partial charge in [-0.2, -0.15) is 0 Å². The lowest BCUT2D eigenvalue weighted by Gasteiger charge is -2.07. The second kappa shape index (κ2) is 4.23. The van der Waals surface area contributed by atoms with E-state index < -0.39 is 0 Å². The van der Waals surface area contributed by atoms with E-state index in [2.05, 4.69) is 31.4 Å². The molecule has 80 valence electrons. The molecule has 0 aromatic heterocycles. The Kier molecular flexibility index (Phi) is 2.78. The molecule has 1 nitrogen and oxygen atoms in total. The van der Waals surface area contributed by atoms with Gasteiger partial charge in [0.1, 0.15) is 5.75 Å². The first kappa shape index (κ1) is 10.5. The standard InChI is InChI=1S/C15H14O/c1-4-11-8-12(5-2)15-7-6-14(16-3)10-13(15)9-11/h4-10H,1-2H2,3H3. The van der Waals surface area contributed by atoms with Crippen molar-refractivity contribution in [1.82, 2.24) is 0 Å². The summed E-state index contributed by atoms with van der Waals surface area (Å²) in [4.78, 5) is 0. The highest BCUT2D eigenvalue weighted by molar-refractivity contribution is 5.93. The molecule has 0 aliphatic heterocycles. The van der Waals surface area contributed by atoms with Gasteiger partial charge in [-0.05, 0) is 46.2 Å². The second-order valence-electron chi connectivity index (χ2n) is 3.61. The molecule has 0 spiro atoms. The van der Waals surface area contributed by atoms with Crippen molar-refractivity contribution in [1.29, 1.82) is 0 Å². The van der Waals surface area contributed by atoms with Crippen molar-refractivity contribution in [3.63, 3.8) is 0 Å². The summed E-state index contributed by atoms with van der Waals surface area (Å²) in [6.07, 6.45) is 3.70. The summed E-state index contributed by atoms with van der Waals surface area (Å²) in [6, 6.07) is 10.2. The van der Waals surface area contributed by atoms with E-state index in [-0.39, 0.29) is 0 Å². The predicted octanol–water partition coefficient (Wildman–Crippen LogP) is 4.13. The van der Waals surface area contributed by atoms with E-state index in [1.165, 1.54) is 5.39 Å². The zero-order valence-electron chi connectivity index (χ0n) is 9.36.